The van der Waals surface area contributed by atoms with Crippen LogP contribution in [0.2, 0.25) is 5.02 Å². The minimum absolute atomic E-state index is 0.108. The monoisotopic (exact) mass is 376 g/mol. The molecule has 10 heteroatoms. The lowest BCUT2D eigenvalue weighted by molar-refractivity contribution is 0.468. The first-order valence-corrected chi connectivity index (χ1v) is 9.94. The Morgan fingerprint density at radius 3 is 2.17 bits per heavy atom. The molecule has 0 aliphatic rings. The second kappa shape index (κ2) is 6.36. The SMILES string of the molecule is CS(=O)(=O)Nc1ccc(S(N)(=O)=O)c(Oc2ccc(Cl)cc2)c1. The zero-order chi connectivity index (χ0) is 17.3. The Labute approximate surface area is 139 Å². The second-order valence-electron chi connectivity index (χ2n) is 4.64. The minimum Gasteiger partial charge on any atom is -0.456 e. The summed E-state index contributed by atoms with van der Waals surface area (Å²) in [5.74, 6) is 0.208. The van der Waals surface area contributed by atoms with Crippen LogP contribution in [0.4, 0.5) is 5.69 Å². The molecule has 23 heavy (non-hydrogen) atoms. The van der Waals surface area contributed by atoms with Crippen LogP contribution >= 0.6 is 11.6 Å². The van der Waals surface area contributed by atoms with Gasteiger partial charge >= 0.3 is 0 Å². The number of ether oxygens (including phenoxy) is 1. The van der Waals surface area contributed by atoms with Gasteiger partial charge in [0.2, 0.25) is 20.0 Å². The van der Waals surface area contributed by atoms with E-state index in [1.807, 2.05) is 0 Å². The van der Waals surface area contributed by atoms with E-state index in [1.165, 1.54) is 24.3 Å². The molecule has 0 heterocycles. The van der Waals surface area contributed by atoms with E-state index in [9.17, 15) is 16.8 Å². The molecule has 7 nitrogen and oxygen atoms in total. The van der Waals surface area contributed by atoms with Crippen LogP contribution in [0.15, 0.2) is 47.4 Å². The number of anilines is 1. The number of halogens is 1. The van der Waals surface area contributed by atoms with Gasteiger partial charge in [0.05, 0.1) is 11.9 Å². The summed E-state index contributed by atoms with van der Waals surface area (Å²) >= 11 is 5.77. The Morgan fingerprint density at radius 1 is 1.04 bits per heavy atom. The third kappa shape index (κ3) is 5.10. The average molecular weight is 377 g/mol. The lowest BCUT2D eigenvalue weighted by Crippen LogP contribution is -2.14. The molecule has 2 rings (SSSR count). The van der Waals surface area contributed by atoms with Crippen LogP contribution < -0.4 is 14.6 Å². The first-order valence-electron chi connectivity index (χ1n) is 6.13. The molecule has 0 aliphatic heterocycles. The standard InChI is InChI=1S/C13H13ClN2O5S2/c1-22(17,18)16-10-4-7-13(23(15,19)20)12(8-10)21-11-5-2-9(14)3-6-11/h2-8,16H,1H3,(H2,15,19,20). The number of sulfonamides is 2. The maximum absolute atomic E-state index is 11.6. The van der Waals surface area contributed by atoms with Crippen molar-refractivity contribution in [3.63, 3.8) is 0 Å². The molecule has 0 bridgehead atoms. The third-order valence-corrected chi connectivity index (χ3v) is 4.40. The molecular weight excluding hydrogens is 364 g/mol. The molecule has 124 valence electrons. The Morgan fingerprint density at radius 2 is 1.65 bits per heavy atom. The number of benzene rings is 2. The Balaban J connectivity index is 2.48. The van der Waals surface area contributed by atoms with E-state index >= 15 is 0 Å². The smallest absolute Gasteiger partial charge is 0.241 e. The van der Waals surface area contributed by atoms with Crippen molar-refractivity contribution in [2.75, 3.05) is 11.0 Å². The Hall–Kier alpha value is -1.81. The van der Waals surface area contributed by atoms with Gasteiger partial charge in [-0.3, -0.25) is 4.72 Å². The first-order chi connectivity index (χ1) is 10.5. The molecule has 0 spiro atoms. The van der Waals surface area contributed by atoms with E-state index in [1.54, 1.807) is 12.1 Å². The molecule has 2 aromatic rings. The number of primary sulfonamides is 1. The van der Waals surface area contributed by atoms with Gasteiger partial charge in [0.1, 0.15) is 16.4 Å². The molecular formula is C13H13ClN2O5S2. The van der Waals surface area contributed by atoms with Crippen LogP contribution in [0.5, 0.6) is 11.5 Å². The number of nitrogens with two attached hydrogens (primary N) is 1. The van der Waals surface area contributed by atoms with E-state index in [-0.39, 0.29) is 16.3 Å². The van der Waals surface area contributed by atoms with E-state index in [0.29, 0.717) is 10.8 Å². The maximum Gasteiger partial charge on any atom is 0.241 e. The van der Waals surface area contributed by atoms with Crippen molar-refractivity contribution in [1.29, 1.82) is 0 Å². The van der Waals surface area contributed by atoms with Crippen molar-refractivity contribution in [2.24, 2.45) is 5.14 Å². The minimum atomic E-state index is -4.05. The first kappa shape index (κ1) is 17.5. The van der Waals surface area contributed by atoms with Gasteiger partial charge in [0, 0.05) is 11.1 Å². The van der Waals surface area contributed by atoms with Crippen LogP contribution in [0.25, 0.3) is 0 Å². The molecule has 0 atom stereocenters. The van der Waals surface area contributed by atoms with Gasteiger partial charge in [-0.2, -0.15) is 0 Å². The highest BCUT2D eigenvalue weighted by Gasteiger charge is 2.17. The highest BCUT2D eigenvalue weighted by atomic mass is 35.5. The van der Waals surface area contributed by atoms with Crippen LogP contribution in [0.1, 0.15) is 0 Å². The molecule has 0 saturated heterocycles. The lowest BCUT2D eigenvalue weighted by Gasteiger charge is -2.12. The largest absolute Gasteiger partial charge is 0.456 e. The summed E-state index contributed by atoms with van der Waals surface area (Å²) < 4.78 is 53.5. The summed E-state index contributed by atoms with van der Waals surface area (Å²) in [5.41, 5.74) is 0.142. The number of nitrogens with one attached hydrogen (secondary N) is 1. The Kier molecular flexibility index (Phi) is 4.85. The van der Waals surface area contributed by atoms with E-state index in [2.05, 4.69) is 4.72 Å². The van der Waals surface area contributed by atoms with Gasteiger partial charge in [0.15, 0.2) is 0 Å². The summed E-state index contributed by atoms with van der Waals surface area (Å²) in [5, 5.41) is 5.63. The van der Waals surface area contributed by atoms with Gasteiger partial charge in [0.25, 0.3) is 0 Å². The predicted octanol–water partition coefficient (Wildman–Crippen LogP) is 2.15. The number of hydrogen-bond donors (Lipinski definition) is 2. The molecule has 0 amide bonds. The fraction of sp³-hybridized carbons (Fsp3) is 0.0769. The van der Waals surface area contributed by atoms with Gasteiger partial charge < -0.3 is 4.74 Å². The molecule has 0 fully saturated rings. The zero-order valence-electron chi connectivity index (χ0n) is 11.9. The van der Waals surface area contributed by atoms with Crippen molar-refractivity contribution in [3.05, 3.63) is 47.5 Å². The van der Waals surface area contributed by atoms with E-state index in [4.69, 9.17) is 21.5 Å². The topological polar surface area (TPSA) is 116 Å². The molecule has 2 aromatic carbocycles. The van der Waals surface area contributed by atoms with Crippen molar-refractivity contribution in [2.45, 2.75) is 4.90 Å². The van der Waals surface area contributed by atoms with E-state index in [0.717, 1.165) is 12.3 Å². The molecule has 3 N–H and O–H groups in total. The highest BCUT2D eigenvalue weighted by molar-refractivity contribution is 7.92. The average Bonchev–Trinajstić information content (AvgIpc) is 2.38. The predicted molar refractivity (Wildman–Crippen MR) is 87.8 cm³/mol. The van der Waals surface area contributed by atoms with Gasteiger partial charge in [-0.15, -0.1) is 0 Å². The third-order valence-electron chi connectivity index (χ3n) is 2.59. The molecule has 0 radical (unpaired) electrons. The zero-order valence-corrected chi connectivity index (χ0v) is 14.2. The summed E-state index contributed by atoms with van der Waals surface area (Å²) in [6.07, 6.45) is 0.973. The van der Waals surface area contributed by atoms with Crippen molar-refractivity contribution < 1.29 is 21.6 Å². The lowest BCUT2D eigenvalue weighted by atomic mass is 10.3. The fourth-order valence-corrected chi connectivity index (χ4v) is 3.05. The van der Waals surface area contributed by atoms with Crippen LogP contribution in [0.3, 0.4) is 0 Å². The number of hydrogen-bond acceptors (Lipinski definition) is 5. The summed E-state index contributed by atoms with van der Waals surface area (Å²) in [6.45, 7) is 0. The van der Waals surface area contributed by atoms with Crippen LogP contribution in [-0.2, 0) is 20.0 Å². The second-order valence-corrected chi connectivity index (χ2v) is 8.35. The van der Waals surface area contributed by atoms with Gasteiger partial charge in [-0.25, -0.2) is 22.0 Å². The summed E-state index contributed by atoms with van der Waals surface area (Å²) in [7, 11) is -7.57. The number of rotatable bonds is 5. The molecule has 0 aliphatic carbocycles. The van der Waals surface area contributed by atoms with Crippen LogP contribution in [-0.4, -0.2) is 23.1 Å². The normalized spacial score (nSPS) is 12.0. The van der Waals surface area contributed by atoms with Gasteiger partial charge in [-0.1, -0.05) is 11.6 Å². The Bertz CT molecular complexity index is 925. The quantitative estimate of drug-likeness (QED) is 0.829. The molecule has 0 aromatic heterocycles. The molecule has 0 saturated carbocycles. The van der Waals surface area contributed by atoms with Crippen molar-refractivity contribution >= 4 is 37.3 Å². The highest BCUT2D eigenvalue weighted by Crippen LogP contribution is 2.31. The van der Waals surface area contributed by atoms with Crippen molar-refractivity contribution in [1.82, 2.24) is 0 Å². The fourth-order valence-electron chi connectivity index (χ4n) is 1.73. The molecule has 0 unspecified atom stereocenters. The van der Waals surface area contributed by atoms with Crippen LogP contribution in [0, 0.1) is 0 Å². The maximum atomic E-state index is 11.6. The summed E-state index contributed by atoms with van der Waals surface area (Å²) in [6, 6.07) is 9.86. The van der Waals surface area contributed by atoms with Gasteiger partial charge in [-0.05, 0) is 36.4 Å². The van der Waals surface area contributed by atoms with Crippen molar-refractivity contribution in [3.8, 4) is 11.5 Å². The summed E-state index contributed by atoms with van der Waals surface area (Å²) in [4.78, 5) is -0.272. The van der Waals surface area contributed by atoms with E-state index < -0.39 is 20.0 Å².